The van der Waals surface area contributed by atoms with E-state index in [0.29, 0.717) is 11.4 Å². The first-order valence-electron chi connectivity index (χ1n) is 6.49. The van der Waals surface area contributed by atoms with E-state index in [1.54, 1.807) is 23.1 Å². The summed E-state index contributed by atoms with van der Waals surface area (Å²) >= 11 is 0. The molecule has 1 aromatic carbocycles. The molecule has 7 nitrogen and oxygen atoms in total. The van der Waals surface area contributed by atoms with Gasteiger partial charge in [0.2, 0.25) is 10.0 Å². The number of nitrogens with two attached hydrogens (primary N) is 1. The molecule has 0 saturated carbocycles. The van der Waals surface area contributed by atoms with Crippen molar-refractivity contribution in [3.05, 3.63) is 30.6 Å². The fraction of sp³-hybridized carbons (Fsp3) is 0.308. The summed E-state index contributed by atoms with van der Waals surface area (Å²) < 4.78 is 33.6. The van der Waals surface area contributed by atoms with Crippen LogP contribution in [0.25, 0.3) is 0 Å². The molecular weight excluding hydrogens is 292 g/mol. The summed E-state index contributed by atoms with van der Waals surface area (Å²) in [5.74, 6) is 0.676. The third kappa shape index (κ3) is 3.53. The van der Waals surface area contributed by atoms with Crippen LogP contribution in [0.1, 0.15) is 13.3 Å². The molecule has 0 saturated heterocycles. The minimum Gasteiger partial charge on any atom is -0.453 e. The zero-order valence-corrected chi connectivity index (χ0v) is 12.7. The third-order valence-corrected chi connectivity index (χ3v) is 4.25. The van der Waals surface area contributed by atoms with Gasteiger partial charge in [0.25, 0.3) is 0 Å². The topological polar surface area (TPSA) is 99.2 Å². The first-order valence-corrected chi connectivity index (χ1v) is 7.98. The van der Waals surface area contributed by atoms with Gasteiger partial charge in [0, 0.05) is 12.2 Å². The van der Waals surface area contributed by atoms with E-state index in [9.17, 15) is 8.42 Å². The van der Waals surface area contributed by atoms with Gasteiger partial charge in [0.15, 0.2) is 5.75 Å². The van der Waals surface area contributed by atoms with Crippen molar-refractivity contribution in [2.24, 2.45) is 0 Å². The van der Waals surface area contributed by atoms with E-state index in [1.807, 2.05) is 6.92 Å². The summed E-state index contributed by atoms with van der Waals surface area (Å²) in [6.07, 6.45) is 4.21. The molecule has 0 radical (unpaired) electrons. The fourth-order valence-electron chi connectivity index (χ4n) is 1.80. The monoisotopic (exact) mass is 310 g/mol. The van der Waals surface area contributed by atoms with Crippen LogP contribution in [0.4, 0.5) is 5.69 Å². The summed E-state index contributed by atoms with van der Waals surface area (Å²) in [7, 11) is -2.32. The van der Waals surface area contributed by atoms with Crippen LogP contribution < -0.4 is 15.2 Å². The molecule has 1 aromatic heterocycles. The van der Waals surface area contributed by atoms with Gasteiger partial charge >= 0.3 is 0 Å². The molecule has 0 bridgehead atoms. The summed E-state index contributed by atoms with van der Waals surface area (Å²) in [5.41, 5.74) is 6.00. The average Bonchev–Trinajstić information content (AvgIpc) is 2.88. The Balaban J connectivity index is 2.35. The van der Waals surface area contributed by atoms with Crippen molar-refractivity contribution in [1.82, 2.24) is 14.5 Å². The summed E-state index contributed by atoms with van der Waals surface area (Å²) in [4.78, 5) is -0.00626. The fourth-order valence-corrected chi connectivity index (χ4v) is 2.69. The molecule has 1 heterocycles. The highest BCUT2D eigenvalue weighted by atomic mass is 32.2. The second-order valence-electron chi connectivity index (χ2n) is 4.45. The van der Waals surface area contributed by atoms with Crippen molar-refractivity contribution >= 4 is 15.7 Å². The second kappa shape index (κ2) is 6.15. The van der Waals surface area contributed by atoms with Crippen molar-refractivity contribution in [2.45, 2.75) is 24.8 Å². The third-order valence-electron chi connectivity index (χ3n) is 2.82. The number of hydrogen-bond donors (Lipinski definition) is 2. The number of aromatic nitrogens is 2. The van der Waals surface area contributed by atoms with Crippen LogP contribution >= 0.6 is 0 Å². The van der Waals surface area contributed by atoms with Crippen LogP contribution in [0.15, 0.2) is 35.5 Å². The quantitative estimate of drug-likeness (QED) is 0.789. The molecule has 3 N–H and O–H groups in total. The molecule has 0 amide bonds. The molecule has 0 atom stereocenters. The van der Waals surface area contributed by atoms with E-state index in [0.717, 1.165) is 13.0 Å². The van der Waals surface area contributed by atoms with Gasteiger partial charge in [-0.15, -0.1) is 0 Å². The normalized spacial score (nSPS) is 11.5. The van der Waals surface area contributed by atoms with Gasteiger partial charge in [0.05, 0.1) is 12.4 Å². The summed E-state index contributed by atoms with van der Waals surface area (Å²) in [6.45, 7) is 2.81. The average molecular weight is 310 g/mol. The molecule has 0 aliphatic heterocycles. The van der Waals surface area contributed by atoms with Crippen LogP contribution in [0.2, 0.25) is 0 Å². The van der Waals surface area contributed by atoms with Crippen molar-refractivity contribution in [2.75, 3.05) is 12.8 Å². The first-order chi connectivity index (χ1) is 9.96. The number of ether oxygens (including phenoxy) is 1. The Bertz CT molecular complexity index is 725. The number of hydrogen-bond acceptors (Lipinski definition) is 5. The lowest BCUT2D eigenvalue weighted by Crippen LogP contribution is -2.19. The lowest BCUT2D eigenvalue weighted by Gasteiger charge is -2.10. The van der Waals surface area contributed by atoms with E-state index < -0.39 is 10.0 Å². The molecule has 0 aliphatic rings. The van der Waals surface area contributed by atoms with Crippen LogP contribution in [0, 0.1) is 0 Å². The summed E-state index contributed by atoms with van der Waals surface area (Å²) in [5, 5.41) is 4.13. The van der Waals surface area contributed by atoms with Crippen LogP contribution in [-0.2, 0) is 16.6 Å². The molecule has 0 unspecified atom stereocenters. The number of nitrogen functional groups attached to an aromatic ring is 1. The van der Waals surface area contributed by atoms with Crippen molar-refractivity contribution in [1.29, 1.82) is 0 Å². The highest BCUT2D eigenvalue weighted by molar-refractivity contribution is 7.89. The Morgan fingerprint density at radius 3 is 2.86 bits per heavy atom. The first kappa shape index (κ1) is 15.3. The van der Waals surface area contributed by atoms with E-state index in [4.69, 9.17) is 10.5 Å². The molecule has 8 heteroatoms. The lowest BCUT2D eigenvalue weighted by atomic mass is 10.3. The number of rotatable bonds is 6. The maximum absolute atomic E-state index is 12.0. The van der Waals surface area contributed by atoms with Crippen LogP contribution in [0.3, 0.4) is 0 Å². The van der Waals surface area contributed by atoms with Gasteiger partial charge in [-0.25, -0.2) is 13.1 Å². The highest BCUT2D eigenvalue weighted by Crippen LogP contribution is 2.30. The molecule has 21 heavy (non-hydrogen) atoms. The number of nitrogens with zero attached hydrogens (tertiary/aromatic N) is 2. The van der Waals surface area contributed by atoms with Gasteiger partial charge in [-0.3, -0.25) is 4.68 Å². The van der Waals surface area contributed by atoms with Crippen molar-refractivity contribution in [3.8, 4) is 11.5 Å². The number of sulfonamides is 1. The van der Waals surface area contributed by atoms with Gasteiger partial charge in [0.1, 0.15) is 10.6 Å². The maximum atomic E-state index is 12.0. The molecule has 0 aliphatic carbocycles. The summed E-state index contributed by atoms with van der Waals surface area (Å²) in [6, 6.07) is 4.47. The Hall–Kier alpha value is -2.06. The number of benzene rings is 1. The van der Waals surface area contributed by atoms with Gasteiger partial charge < -0.3 is 10.5 Å². The minimum atomic E-state index is -3.66. The number of anilines is 1. The lowest BCUT2D eigenvalue weighted by molar-refractivity contribution is 0.465. The molecule has 2 aromatic rings. The largest absolute Gasteiger partial charge is 0.453 e. The predicted octanol–water partition coefficient (Wildman–Crippen LogP) is 1.58. The SMILES string of the molecule is CCCn1cc(Oc2ccc(N)cc2S(=O)(=O)NC)cn1. The van der Waals surface area contributed by atoms with E-state index >= 15 is 0 Å². The molecule has 0 spiro atoms. The number of nitrogens with one attached hydrogen (secondary N) is 1. The Morgan fingerprint density at radius 2 is 2.19 bits per heavy atom. The van der Waals surface area contributed by atoms with Crippen molar-refractivity contribution in [3.63, 3.8) is 0 Å². The molecule has 0 fully saturated rings. The zero-order valence-electron chi connectivity index (χ0n) is 11.9. The maximum Gasteiger partial charge on any atom is 0.244 e. The number of aryl methyl sites for hydroxylation is 1. The standard InChI is InChI=1S/C13H18N4O3S/c1-3-6-17-9-11(8-16-17)20-12-5-4-10(14)7-13(12)21(18,19)15-2/h4-5,7-9,15H,3,6,14H2,1-2H3. The predicted molar refractivity (Wildman–Crippen MR) is 79.7 cm³/mol. The molecule has 2 rings (SSSR count). The highest BCUT2D eigenvalue weighted by Gasteiger charge is 2.19. The minimum absolute atomic E-state index is 0.00626. The Labute approximate surface area is 123 Å². The molecule has 114 valence electrons. The van der Waals surface area contributed by atoms with Gasteiger partial charge in [-0.1, -0.05) is 6.92 Å². The second-order valence-corrected chi connectivity index (χ2v) is 6.31. The Morgan fingerprint density at radius 1 is 1.43 bits per heavy atom. The van der Waals surface area contributed by atoms with Crippen LogP contribution in [0.5, 0.6) is 11.5 Å². The smallest absolute Gasteiger partial charge is 0.244 e. The van der Waals surface area contributed by atoms with Crippen molar-refractivity contribution < 1.29 is 13.2 Å². The van der Waals surface area contributed by atoms with Gasteiger partial charge in [-0.2, -0.15) is 5.10 Å². The van der Waals surface area contributed by atoms with E-state index in [2.05, 4.69) is 9.82 Å². The molecular formula is C13H18N4O3S. The Kier molecular flexibility index (Phi) is 4.49. The van der Waals surface area contributed by atoms with Gasteiger partial charge in [-0.05, 0) is 31.7 Å². The zero-order chi connectivity index (χ0) is 15.5. The van der Waals surface area contributed by atoms with Crippen LogP contribution in [-0.4, -0.2) is 25.2 Å². The van der Waals surface area contributed by atoms with E-state index in [1.165, 1.54) is 19.2 Å². The van der Waals surface area contributed by atoms with E-state index in [-0.39, 0.29) is 10.6 Å².